The molecule has 0 aliphatic rings. The molecule has 0 saturated heterocycles. The Kier molecular flexibility index (Phi) is 4.14. The second-order valence-electron chi connectivity index (χ2n) is 1.57. The first-order chi connectivity index (χ1) is 5.37. The third-order valence-electron chi connectivity index (χ3n) is 0.758. The molecule has 74 valence electrons. The fourth-order valence-electron chi connectivity index (χ4n) is 0.194. The summed E-state index contributed by atoms with van der Waals surface area (Å²) in [7, 11) is 0. The SMILES string of the molecule is FCC(F)(F)C(F)(F)SOOF. The van der Waals surface area contributed by atoms with E-state index < -0.39 is 29.9 Å². The highest BCUT2D eigenvalue weighted by atomic mass is 32.2. The average molecular weight is 216 g/mol. The van der Waals surface area contributed by atoms with Gasteiger partial charge in [0.05, 0.1) is 0 Å². The quantitative estimate of drug-likeness (QED) is 0.304. The molecule has 0 atom stereocenters. The highest BCUT2D eigenvalue weighted by Crippen LogP contribution is 2.43. The molecule has 0 aliphatic heterocycles. The van der Waals surface area contributed by atoms with Crippen LogP contribution in [0.3, 0.4) is 0 Å². The van der Waals surface area contributed by atoms with Crippen LogP contribution in [0.4, 0.5) is 26.5 Å². The van der Waals surface area contributed by atoms with Gasteiger partial charge in [0, 0.05) is 0 Å². The van der Waals surface area contributed by atoms with Crippen molar-refractivity contribution in [3.8, 4) is 0 Å². The summed E-state index contributed by atoms with van der Waals surface area (Å²) in [5.74, 6) is -4.92. The van der Waals surface area contributed by atoms with Crippen LogP contribution >= 0.6 is 12.0 Å². The van der Waals surface area contributed by atoms with E-state index in [0.29, 0.717) is 0 Å². The topological polar surface area (TPSA) is 18.5 Å². The Labute approximate surface area is 66.9 Å². The van der Waals surface area contributed by atoms with Gasteiger partial charge in [-0.05, 0) is 9.62 Å². The Morgan fingerprint density at radius 1 is 1.17 bits per heavy atom. The maximum absolute atomic E-state index is 12.0. The smallest absolute Gasteiger partial charge is 0.244 e. The number of rotatable bonds is 5. The van der Waals surface area contributed by atoms with E-state index in [9.17, 15) is 26.5 Å². The molecular weight excluding hydrogens is 214 g/mol. The number of alkyl halides is 5. The normalized spacial score (nSPS) is 13.5. The molecular formula is C3H2F6O2S. The molecule has 0 aromatic carbocycles. The van der Waals surface area contributed by atoms with Gasteiger partial charge in [-0.1, -0.05) is 0 Å². The van der Waals surface area contributed by atoms with Crippen molar-refractivity contribution in [3.05, 3.63) is 0 Å². The van der Waals surface area contributed by atoms with E-state index in [4.69, 9.17) is 0 Å². The van der Waals surface area contributed by atoms with Gasteiger partial charge in [-0.3, -0.25) is 0 Å². The minimum atomic E-state index is -4.92. The lowest BCUT2D eigenvalue weighted by molar-refractivity contribution is -0.362. The first kappa shape index (κ1) is 11.8. The van der Waals surface area contributed by atoms with Crippen molar-refractivity contribution in [1.82, 2.24) is 0 Å². The van der Waals surface area contributed by atoms with Crippen LogP contribution in [0.5, 0.6) is 0 Å². The summed E-state index contributed by atoms with van der Waals surface area (Å²) in [6, 6.07) is 0. The number of hydrogen-bond acceptors (Lipinski definition) is 3. The Balaban J connectivity index is 4.17. The zero-order chi connectivity index (χ0) is 9.83. The van der Waals surface area contributed by atoms with Crippen LogP contribution in [0.15, 0.2) is 0 Å². The number of hydrogen-bond donors (Lipinski definition) is 0. The van der Waals surface area contributed by atoms with E-state index in [0.717, 1.165) is 0 Å². The van der Waals surface area contributed by atoms with Crippen molar-refractivity contribution in [1.29, 1.82) is 0 Å². The molecule has 0 N–H and O–H groups in total. The summed E-state index contributed by atoms with van der Waals surface area (Å²) < 4.78 is 72.4. The molecule has 12 heavy (non-hydrogen) atoms. The molecule has 0 unspecified atom stereocenters. The lowest BCUT2D eigenvalue weighted by atomic mass is 10.4. The largest absolute Gasteiger partial charge is 0.385 e. The monoisotopic (exact) mass is 216 g/mol. The zero-order valence-electron chi connectivity index (χ0n) is 5.20. The molecule has 2 nitrogen and oxygen atoms in total. The zero-order valence-corrected chi connectivity index (χ0v) is 6.02. The van der Waals surface area contributed by atoms with Gasteiger partial charge in [0.1, 0.15) is 12.0 Å². The predicted molar refractivity (Wildman–Crippen MR) is 26.7 cm³/mol. The van der Waals surface area contributed by atoms with Crippen molar-refractivity contribution in [2.24, 2.45) is 0 Å². The van der Waals surface area contributed by atoms with Gasteiger partial charge in [0.25, 0.3) is 0 Å². The maximum Gasteiger partial charge on any atom is 0.385 e. The molecule has 0 aliphatic carbocycles. The molecule has 0 aromatic rings. The Hall–Kier alpha value is -0.150. The highest BCUT2D eigenvalue weighted by Gasteiger charge is 2.58. The van der Waals surface area contributed by atoms with Crippen LogP contribution in [0.1, 0.15) is 0 Å². The Morgan fingerprint density at radius 2 is 1.67 bits per heavy atom. The third-order valence-corrected chi connectivity index (χ3v) is 1.39. The Morgan fingerprint density at radius 3 is 2.00 bits per heavy atom. The second kappa shape index (κ2) is 4.19. The van der Waals surface area contributed by atoms with Crippen LogP contribution in [0, 0.1) is 0 Å². The van der Waals surface area contributed by atoms with Gasteiger partial charge in [-0.15, -0.1) is 4.33 Å². The van der Waals surface area contributed by atoms with E-state index in [2.05, 4.69) is 9.43 Å². The molecule has 0 bridgehead atoms. The van der Waals surface area contributed by atoms with Crippen LogP contribution in [0.25, 0.3) is 0 Å². The molecule has 0 amide bonds. The van der Waals surface area contributed by atoms with Gasteiger partial charge in [0.2, 0.25) is 0 Å². The van der Waals surface area contributed by atoms with E-state index in [1.54, 1.807) is 0 Å². The van der Waals surface area contributed by atoms with Gasteiger partial charge in [-0.2, -0.15) is 17.6 Å². The van der Waals surface area contributed by atoms with Crippen LogP contribution in [-0.2, 0) is 9.43 Å². The van der Waals surface area contributed by atoms with Gasteiger partial charge >= 0.3 is 11.2 Å². The molecule has 0 radical (unpaired) electrons. The van der Waals surface area contributed by atoms with Gasteiger partial charge in [0.15, 0.2) is 6.67 Å². The lowest BCUT2D eigenvalue weighted by Crippen LogP contribution is -2.39. The molecule has 9 heteroatoms. The first-order valence-electron chi connectivity index (χ1n) is 2.32. The molecule has 0 fully saturated rings. The standard InChI is InChI=1S/C3H2F6O2S/c4-1-2(5,6)3(7,8)12-11-10-9/h1H2. The highest BCUT2D eigenvalue weighted by molar-refractivity contribution is 7.95. The second-order valence-corrected chi connectivity index (χ2v) is 2.38. The fraction of sp³-hybridized carbons (Fsp3) is 1.00. The third kappa shape index (κ3) is 2.72. The Bertz CT molecular complexity index is 141. The van der Waals surface area contributed by atoms with Crippen LogP contribution in [-0.4, -0.2) is 17.9 Å². The van der Waals surface area contributed by atoms with Crippen molar-refractivity contribution in [3.63, 3.8) is 0 Å². The molecule has 0 rings (SSSR count). The van der Waals surface area contributed by atoms with Crippen molar-refractivity contribution >= 4 is 12.0 Å². The minimum Gasteiger partial charge on any atom is -0.244 e. The van der Waals surface area contributed by atoms with Crippen LogP contribution in [0.2, 0.25) is 0 Å². The fourth-order valence-corrected chi connectivity index (χ4v) is 0.482. The summed E-state index contributed by atoms with van der Waals surface area (Å²) in [6.07, 6.45) is 0. The van der Waals surface area contributed by atoms with Crippen molar-refractivity contribution < 1.29 is 35.9 Å². The van der Waals surface area contributed by atoms with E-state index in [1.807, 2.05) is 0 Å². The molecule has 0 heterocycles. The summed E-state index contributed by atoms with van der Waals surface area (Å²) >= 11 is -1.31. The summed E-state index contributed by atoms with van der Waals surface area (Å²) in [6.45, 7) is -2.58. The summed E-state index contributed by atoms with van der Waals surface area (Å²) in [5, 5.41) is -2.74. The number of halogens is 6. The summed E-state index contributed by atoms with van der Waals surface area (Å²) in [4.78, 5) is 0. The molecule has 0 saturated carbocycles. The molecule has 0 spiro atoms. The maximum atomic E-state index is 12.0. The van der Waals surface area contributed by atoms with Crippen LogP contribution < -0.4 is 0 Å². The van der Waals surface area contributed by atoms with Gasteiger partial charge in [-0.25, -0.2) is 4.39 Å². The summed E-state index contributed by atoms with van der Waals surface area (Å²) in [5.41, 5.74) is 0. The minimum absolute atomic E-state index is 1.31. The first-order valence-corrected chi connectivity index (χ1v) is 3.06. The average Bonchev–Trinajstić information content (AvgIpc) is 2.00. The lowest BCUT2D eigenvalue weighted by Gasteiger charge is -2.20. The van der Waals surface area contributed by atoms with E-state index >= 15 is 0 Å². The van der Waals surface area contributed by atoms with Crippen molar-refractivity contribution in [2.75, 3.05) is 6.67 Å². The van der Waals surface area contributed by atoms with E-state index in [1.165, 1.54) is 0 Å². The van der Waals surface area contributed by atoms with Crippen molar-refractivity contribution in [2.45, 2.75) is 11.2 Å². The van der Waals surface area contributed by atoms with Gasteiger partial charge < -0.3 is 0 Å². The molecule has 0 aromatic heterocycles. The van der Waals surface area contributed by atoms with E-state index in [-0.39, 0.29) is 0 Å². The predicted octanol–water partition coefficient (Wildman–Crippen LogP) is 2.66.